The molecular formula is C39H47ClF3N3O5S2. The number of carbonyl (C=O) groups is 1. The van der Waals surface area contributed by atoms with Crippen molar-refractivity contribution < 1.29 is 36.2 Å². The zero-order valence-corrected chi connectivity index (χ0v) is 33.4. The Balaban J connectivity index is 1.65. The Hall–Kier alpha value is -3.52. The number of benzene rings is 3. The second kappa shape index (κ2) is 17.7. The number of carboxylic acids is 1. The smallest absolute Gasteiger partial charge is 0.321 e. The number of methoxy groups -OCH3 is 1. The van der Waals surface area contributed by atoms with Crippen LogP contribution in [0.2, 0.25) is 5.02 Å². The lowest BCUT2D eigenvalue weighted by Gasteiger charge is -2.28. The summed E-state index contributed by atoms with van der Waals surface area (Å²) in [6.07, 6.45) is 4.73. The summed E-state index contributed by atoms with van der Waals surface area (Å²) in [6.45, 7) is 11.3. The Kier molecular flexibility index (Phi) is 14.1. The zero-order chi connectivity index (χ0) is 39.2. The molecule has 8 nitrogen and oxygen atoms in total. The molecule has 4 rings (SSSR count). The van der Waals surface area contributed by atoms with Crippen LogP contribution in [0.1, 0.15) is 84.0 Å². The van der Waals surface area contributed by atoms with E-state index in [2.05, 4.69) is 25.8 Å². The molecule has 0 fully saturated rings. The van der Waals surface area contributed by atoms with E-state index in [1.165, 1.54) is 26.2 Å². The van der Waals surface area contributed by atoms with Crippen molar-refractivity contribution in [3.63, 3.8) is 0 Å². The third kappa shape index (κ3) is 9.59. The number of halogens is 4. The highest BCUT2D eigenvalue weighted by molar-refractivity contribution is 7.98. The van der Waals surface area contributed by atoms with Crippen LogP contribution in [0, 0.1) is 29.3 Å². The van der Waals surface area contributed by atoms with E-state index in [4.69, 9.17) is 16.3 Å². The lowest BCUT2D eigenvalue weighted by Crippen LogP contribution is -2.43. The van der Waals surface area contributed by atoms with Crippen molar-refractivity contribution in [1.82, 2.24) is 13.9 Å². The molecule has 0 spiro atoms. The molecule has 0 bridgehead atoms. The van der Waals surface area contributed by atoms with Gasteiger partial charge in [-0.05, 0) is 85.7 Å². The van der Waals surface area contributed by atoms with Crippen molar-refractivity contribution in [3.8, 4) is 11.4 Å². The number of aliphatic carboxylic acids is 1. The molecule has 4 aromatic rings. The van der Waals surface area contributed by atoms with Gasteiger partial charge in [-0.3, -0.25) is 9.36 Å². The van der Waals surface area contributed by atoms with Crippen LogP contribution in [0.5, 0.6) is 5.75 Å². The fourth-order valence-electron chi connectivity index (χ4n) is 6.29. The van der Waals surface area contributed by atoms with Crippen molar-refractivity contribution in [2.45, 2.75) is 94.5 Å². The molecule has 0 saturated carbocycles. The van der Waals surface area contributed by atoms with E-state index in [1.54, 1.807) is 29.0 Å². The Labute approximate surface area is 319 Å². The number of thioether (sulfide) groups is 1. The van der Waals surface area contributed by atoms with Gasteiger partial charge >= 0.3 is 5.97 Å². The molecular weight excluding hydrogens is 747 g/mol. The lowest BCUT2D eigenvalue weighted by atomic mass is 9.81. The monoisotopic (exact) mass is 793 g/mol. The topological polar surface area (TPSA) is 102 Å². The van der Waals surface area contributed by atoms with Gasteiger partial charge in [-0.15, -0.1) is 0 Å². The molecule has 14 heteroatoms. The molecule has 3 aromatic carbocycles. The summed E-state index contributed by atoms with van der Waals surface area (Å²) in [5, 5.41) is 10.5. The lowest BCUT2D eigenvalue weighted by molar-refractivity contribution is -0.140. The summed E-state index contributed by atoms with van der Waals surface area (Å²) in [5.74, 6) is -3.12. The van der Waals surface area contributed by atoms with Crippen LogP contribution in [0.3, 0.4) is 0 Å². The quantitative estimate of drug-likeness (QED) is 0.100. The summed E-state index contributed by atoms with van der Waals surface area (Å²) in [7, 11) is -3.08. The fraction of sp³-hybridized carbons (Fsp3) is 0.436. The Morgan fingerprint density at radius 2 is 1.64 bits per heavy atom. The van der Waals surface area contributed by atoms with E-state index in [1.807, 2.05) is 26.0 Å². The number of imidazole rings is 1. The molecule has 0 aliphatic rings. The van der Waals surface area contributed by atoms with Crippen molar-refractivity contribution in [3.05, 3.63) is 100 Å². The van der Waals surface area contributed by atoms with Gasteiger partial charge in [0, 0.05) is 29.0 Å². The highest BCUT2D eigenvalue weighted by Gasteiger charge is 2.35. The first-order chi connectivity index (χ1) is 24.9. The predicted molar refractivity (Wildman–Crippen MR) is 203 cm³/mol. The van der Waals surface area contributed by atoms with Crippen LogP contribution < -0.4 is 4.74 Å². The third-order valence-corrected chi connectivity index (χ3v) is 13.2. The Morgan fingerprint density at radius 1 is 1.02 bits per heavy atom. The number of hydrogen-bond acceptors (Lipinski definition) is 6. The summed E-state index contributed by atoms with van der Waals surface area (Å²) < 4.78 is 81.0. The van der Waals surface area contributed by atoms with E-state index >= 15 is 8.78 Å². The summed E-state index contributed by atoms with van der Waals surface area (Å²) in [6, 6.07) is 11.1. The van der Waals surface area contributed by atoms with Gasteiger partial charge in [0.1, 0.15) is 29.2 Å². The minimum atomic E-state index is -4.59. The number of hydrogen-bond donors (Lipinski definition) is 1. The van der Waals surface area contributed by atoms with E-state index in [-0.39, 0.29) is 23.8 Å². The van der Waals surface area contributed by atoms with E-state index < -0.39 is 49.8 Å². The largest absolute Gasteiger partial charge is 0.495 e. The molecule has 1 N–H and O–H groups in total. The second-order valence-corrected chi connectivity index (χ2v) is 17.1. The normalized spacial score (nSPS) is 14.0. The highest BCUT2D eigenvalue weighted by atomic mass is 35.5. The van der Waals surface area contributed by atoms with E-state index in [9.17, 15) is 22.7 Å². The Bertz CT molecular complexity index is 1980. The minimum Gasteiger partial charge on any atom is -0.495 e. The summed E-state index contributed by atoms with van der Waals surface area (Å²) in [4.78, 5) is 15.9. The van der Waals surface area contributed by atoms with Gasteiger partial charge in [0.25, 0.3) is 0 Å². The first-order valence-corrected chi connectivity index (χ1v) is 20.3. The van der Waals surface area contributed by atoms with E-state index in [0.29, 0.717) is 46.1 Å². The van der Waals surface area contributed by atoms with Gasteiger partial charge in [-0.2, -0.15) is 4.31 Å². The average Bonchev–Trinajstić information content (AvgIpc) is 3.54. The fourth-order valence-corrected chi connectivity index (χ4v) is 9.15. The van der Waals surface area contributed by atoms with Crippen LogP contribution in [-0.4, -0.2) is 53.0 Å². The molecule has 53 heavy (non-hydrogen) atoms. The molecule has 0 amide bonds. The number of nitrogens with zero attached hydrogens (tertiary/aromatic N) is 3. The second-order valence-electron chi connectivity index (χ2n) is 13.9. The van der Waals surface area contributed by atoms with Gasteiger partial charge < -0.3 is 9.84 Å². The van der Waals surface area contributed by atoms with Crippen molar-refractivity contribution in [1.29, 1.82) is 0 Å². The number of aromatic nitrogens is 2. The molecule has 0 aliphatic heterocycles. The van der Waals surface area contributed by atoms with Crippen LogP contribution in [0.25, 0.3) is 5.69 Å². The summed E-state index contributed by atoms with van der Waals surface area (Å²) in [5.41, 5.74) is 0.969. The molecule has 3 atom stereocenters. The molecule has 288 valence electrons. The zero-order valence-electron chi connectivity index (χ0n) is 31.0. The van der Waals surface area contributed by atoms with Crippen LogP contribution in [-0.2, 0) is 26.0 Å². The van der Waals surface area contributed by atoms with Gasteiger partial charge in [0.15, 0.2) is 5.16 Å². The number of carboxylic acid groups (broad SMARTS) is 1. The maximum absolute atomic E-state index is 15.7. The van der Waals surface area contributed by atoms with Crippen LogP contribution in [0.4, 0.5) is 13.2 Å². The van der Waals surface area contributed by atoms with Crippen molar-refractivity contribution in [2.75, 3.05) is 13.7 Å². The van der Waals surface area contributed by atoms with Crippen molar-refractivity contribution in [2.24, 2.45) is 11.8 Å². The van der Waals surface area contributed by atoms with Gasteiger partial charge in [0.2, 0.25) is 10.0 Å². The van der Waals surface area contributed by atoms with Crippen LogP contribution >= 0.6 is 23.4 Å². The first-order valence-electron chi connectivity index (χ1n) is 17.5. The summed E-state index contributed by atoms with van der Waals surface area (Å²) >= 11 is 7.30. The number of ether oxygens (including phenoxy) is 1. The maximum Gasteiger partial charge on any atom is 0.321 e. The highest BCUT2D eigenvalue weighted by Crippen LogP contribution is 2.40. The van der Waals surface area contributed by atoms with E-state index in [0.717, 1.165) is 46.6 Å². The molecule has 0 aliphatic carbocycles. The van der Waals surface area contributed by atoms with Gasteiger partial charge in [0.05, 0.1) is 28.9 Å². The van der Waals surface area contributed by atoms with Gasteiger partial charge in [-0.1, -0.05) is 76.9 Å². The number of sulfonamides is 1. The molecule has 1 heterocycles. The molecule has 2 unspecified atom stereocenters. The number of rotatable bonds is 18. The van der Waals surface area contributed by atoms with Crippen LogP contribution in [0.15, 0.2) is 70.8 Å². The first kappa shape index (κ1) is 42.2. The SMILES string of the molecule is CCCC(C)C(C)CCCN([C@H](C)C(=O)O)S(=O)(=O)c1cc(F)c(CSc2ncc(C(C)(C)c3ccc(Cl)c(OC)c3)n2-c2ccc(F)cc2)c(F)c1. The predicted octanol–water partition coefficient (Wildman–Crippen LogP) is 9.89. The van der Waals surface area contributed by atoms with Crippen molar-refractivity contribution >= 4 is 39.4 Å². The standard InChI is InChI=1S/C39H47ClF3N3O5S2/c1-8-10-24(2)25(3)11-9-18-45(26(4)37(47)48)53(49,50)30-20-33(42)31(34(43)21-30)23-52-38-44-22-36(46(38)29-15-13-28(41)14-16-29)39(5,6)27-12-17-32(40)35(19-27)51-7/h12-17,19-22,24-26H,8-11,18,23H2,1-7H3,(H,47,48)/t24?,25?,26-/m1/s1. The van der Waals surface area contributed by atoms with Gasteiger partial charge in [-0.25, -0.2) is 26.6 Å². The third-order valence-electron chi connectivity index (χ3n) is 9.94. The Morgan fingerprint density at radius 3 is 2.23 bits per heavy atom. The average molecular weight is 794 g/mol. The molecule has 1 aromatic heterocycles. The maximum atomic E-state index is 15.7. The molecule has 0 radical (unpaired) electrons. The molecule has 0 saturated heterocycles. The minimum absolute atomic E-state index is 0.118.